The predicted octanol–water partition coefficient (Wildman–Crippen LogP) is 1.30. The molecule has 0 saturated carbocycles. The molecule has 0 aliphatic carbocycles. The number of rotatable bonds is 23. The molecule has 0 heterocycles. The quantitative estimate of drug-likeness (QED) is 0.0987. The Balaban J connectivity index is 3.21. The van der Waals surface area contributed by atoms with E-state index in [2.05, 4.69) is 16.0 Å². The Bertz CT molecular complexity index is 1040. The Kier molecular flexibility index (Phi) is 18.1. The number of benzene rings is 1. The van der Waals surface area contributed by atoms with Gasteiger partial charge in [0.25, 0.3) is 0 Å². The number of amides is 2. The van der Waals surface area contributed by atoms with Gasteiger partial charge in [0.2, 0.25) is 21.8 Å². The van der Waals surface area contributed by atoms with Crippen molar-refractivity contribution in [3.8, 4) is 0 Å². The maximum atomic E-state index is 13.7. The highest BCUT2D eigenvalue weighted by atomic mass is 32.2. The maximum absolute atomic E-state index is 13.7. The monoisotopic (exact) mass is 612 g/mol. The van der Waals surface area contributed by atoms with Crippen LogP contribution in [-0.2, 0) is 30.2 Å². The molecule has 42 heavy (non-hydrogen) atoms. The molecule has 240 valence electrons. The minimum absolute atomic E-state index is 0.0591. The topological polar surface area (TPSA) is 197 Å². The summed E-state index contributed by atoms with van der Waals surface area (Å²) >= 11 is 0. The Morgan fingerprint density at radius 1 is 0.905 bits per heavy atom. The standard InChI is InChI=1S/C29H52N6O6S/c1-22(2)32-26(14-8-10-18-31)29(39)34-25(13-7-9-17-30)19-35(20-27(36)33-23(3)15-16-28(37)38)42(40,41)21-24-11-5-4-6-12-24/h4-6,11-12,22-23,25-26,32H,7-10,13-21,30-31H2,1-3H3,(H,33,36)(H,34,39)(H,37,38)/t23-,25+,26+/m1/s1. The van der Waals surface area contributed by atoms with Gasteiger partial charge in [0.1, 0.15) is 0 Å². The van der Waals surface area contributed by atoms with Gasteiger partial charge in [-0.3, -0.25) is 14.4 Å². The number of unbranched alkanes of at least 4 members (excludes halogenated alkanes) is 2. The van der Waals surface area contributed by atoms with Gasteiger partial charge in [-0.25, -0.2) is 8.42 Å². The number of nitrogens with two attached hydrogens (primary N) is 2. The molecule has 1 rings (SSSR count). The zero-order valence-corrected chi connectivity index (χ0v) is 26.2. The van der Waals surface area contributed by atoms with Crippen LogP contribution in [0.15, 0.2) is 30.3 Å². The molecule has 0 fully saturated rings. The van der Waals surface area contributed by atoms with Gasteiger partial charge in [-0.15, -0.1) is 0 Å². The van der Waals surface area contributed by atoms with Crippen LogP contribution in [0.4, 0.5) is 0 Å². The first-order chi connectivity index (χ1) is 19.9. The predicted molar refractivity (Wildman–Crippen MR) is 165 cm³/mol. The molecule has 0 saturated heterocycles. The number of carboxylic acids is 1. The van der Waals surface area contributed by atoms with Crippen LogP contribution >= 0.6 is 0 Å². The zero-order chi connectivity index (χ0) is 31.5. The van der Waals surface area contributed by atoms with Crippen molar-refractivity contribution < 1.29 is 27.9 Å². The minimum Gasteiger partial charge on any atom is -0.481 e. The normalized spacial score (nSPS) is 14.0. The number of carboxylic acid groups (broad SMARTS) is 1. The van der Waals surface area contributed by atoms with E-state index in [1.165, 1.54) is 0 Å². The van der Waals surface area contributed by atoms with Gasteiger partial charge in [-0.1, -0.05) is 57.0 Å². The van der Waals surface area contributed by atoms with Crippen molar-refractivity contribution in [2.24, 2.45) is 11.5 Å². The van der Waals surface area contributed by atoms with E-state index in [0.717, 1.165) is 17.1 Å². The molecule has 0 aromatic heterocycles. The fourth-order valence-electron chi connectivity index (χ4n) is 4.52. The van der Waals surface area contributed by atoms with Crippen LogP contribution in [0.5, 0.6) is 0 Å². The summed E-state index contributed by atoms with van der Waals surface area (Å²) in [6, 6.07) is 7.26. The third kappa shape index (κ3) is 16.2. The second kappa shape index (κ2) is 20.3. The summed E-state index contributed by atoms with van der Waals surface area (Å²) in [6.45, 7) is 6.02. The second-order valence-corrected chi connectivity index (χ2v) is 13.1. The lowest BCUT2D eigenvalue weighted by atomic mass is 10.1. The third-order valence-corrected chi connectivity index (χ3v) is 8.44. The number of hydrogen-bond acceptors (Lipinski definition) is 8. The summed E-state index contributed by atoms with van der Waals surface area (Å²) < 4.78 is 28.4. The lowest BCUT2D eigenvalue weighted by Gasteiger charge is -2.30. The maximum Gasteiger partial charge on any atom is 0.303 e. The van der Waals surface area contributed by atoms with Crippen molar-refractivity contribution in [1.29, 1.82) is 0 Å². The summed E-state index contributed by atoms with van der Waals surface area (Å²) in [6.07, 6.45) is 4.08. The average molecular weight is 613 g/mol. The van der Waals surface area contributed by atoms with Crippen molar-refractivity contribution in [2.75, 3.05) is 26.2 Å². The molecule has 0 spiro atoms. The van der Waals surface area contributed by atoms with Crippen LogP contribution in [0.1, 0.15) is 77.7 Å². The van der Waals surface area contributed by atoms with E-state index in [9.17, 15) is 22.8 Å². The summed E-state index contributed by atoms with van der Waals surface area (Å²) in [5.41, 5.74) is 11.9. The highest BCUT2D eigenvalue weighted by Gasteiger charge is 2.30. The third-order valence-electron chi connectivity index (χ3n) is 6.68. The van der Waals surface area contributed by atoms with Crippen molar-refractivity contribution in [3.63, 3.8) is 0 Å². The minimum atomic E-state index is -3.98. The van der Waals surface area contributed by atoms with E-state index < -0.39 is 46.6 Å². The van der Waals surface area contributed by atoms with E-state index >= 15 is 0 Å². The number of nitrogens with zero attached hydrogens (tertiary/aromatic N) is 1. The van der Waals surface area contributed by atoms with Crippen molar-refractivity contribution >= 4 is 27.8 Å². The lowest BCUT2D eigenvalue weighted by Crippen LogP contribution is -2.54. The highest BCUT2D eigenvalue weighted by molar-refractivity contribution is 7.88. The second-order valence-electron chi connectivity index (χ2n) is 11.1. The van der Waals surface area contributed by atoms with Crippen LogP contribution in [0.25, 0.3) is 0 Å². The van der Waals surface area contributed by atoms with Gasteiger partial charge >= 0.3 is 5.97 Å². The molecule has 0 unspecified atom stereocenters. The molecule has 0 radical (unpaired) electrons. The van der Waals surface area contributed by atoms with Crippen LogP contribution < -0.4 is 27.4 Å². The Labute approximate surface area is 251 Å². The largest absolute Gasteiger partial charge is 0.481 e. The number of sulfonamides is 1. The van der Waals surface area contributed by atoms with Gasteiger partial charge < -0.3 is 32.5 Å². The van der Waals surface area contributed by atoms with E-state index in [-0.39, 0.29) is 37.1 Å². The Morgan fingerprint density at radius 2 is 1.52 bits per heavy atom. The van der Waals surface area contributed by atoms with E-state index in [4.69, 9.17) is 16.6 Å². The van der Waals surface area contributed by atoms with Crippen molar-refractivity contribution in [2.45, 2.75) is 102 Å². The Hall–Kier alpha value is -2.58. The van der Waals surface area contributed by atoms with E-state index in [1.54, 1.807) is 37.3 Å². The first-order valence-electron chi connectivity index (χ1n) is 14.9. The SMILES string of the molecule is CC(C)N[C@@H](CCCCN)C(=O)N[C@@H](CCCCN)CN(CC(=O)N[C@H](C)CCC(=O)O)S(=O)(=O)Cc1ccccc1. The number of aliphatic carboxylic acids is 1. The van der Waals surface area contributed by atoms with Crippen LogP contribution in [0, 0.1) is 0 Å². The lowest BCUT2D eigenvalue weighted by molar-refractivity contribution is -0.137. The molecule has 12 nitrogen and oxygen atoms in total. The highest BCUT2D eigenvalue weighted by Crippen LogP contribution is 2.14. The fraction of sp³-hybridized carbons (Fsp3) is 0.690. The first-order valence-corrected chi connectivity index (χ1v) is 16.5. The Morgan fingerprint density at radius 3 is 2.10 bits per heavy atom. The van der Waals surface area contributed by atoms with Crippen molar-refractivity contribution in [1.82, 2.24) is 20.3 Å². The molecule has 3 atom stereocenters. The zero-order valence-electron chi connectivity index (χ0n) is 25.4. The molecule has 13 heteroatoms. The number of nitrogens with one attached hydrogen (secondary N) is 3. The molecular weight excluding hydrogens is 560 g/mol. The fourth-order valence-corrected chi connectivity index (χ4v) is 6.04. The smallest absolute Gasteiger partial charge is 0.303 e. The molecule has 8 N–H and O–H groups in total. The number of hydrogen-bond donors (Lipinski definition) is 6. The summed E-state index contributed by atoms with van der Waals surface area (Å²) in [7, 11) is -3.98. The van der Waals surface area contributed by atoms with E-state index in [1.807, 2.05) is 13.8 Å². The molecule has 0 aliphatic heterocycles. The summed E-state index contributed by atoms with van der Waals surface area (Å²) in [5, 5.41) is 18.0. The average Bonchev–Trinajstić information content (AvgIpc) is 2.91. The number of carbonyl (C=O) groups is 3. The van der Waals surface area contributed by atoms with Gasteiger partial charge in [-0.2, -0.15) is 4.31 Å². The molecule has 1 aromatic carbocycles. The molecule has 1 aromatic rings. The van der Waals surface area contributed by atoms with Gasteiger partial charge in [-0.05, 0) is 57.7 Å². The van der Waals surface area contributed by atoms with Crippen LogP contribution in [0.3, 0.4) is 0 Å². The summed E-state index contributed by atoms with van der Waals surface area (Å²) in [5.74, 6) is -2.06. The van der Waals surface area contributed by atoms with Gasteiger partial charge in [0.05, 0.1) is 18.3 Å². The van der Waals surface area contributed by atoms with Crippen LogP contribution in [-0.4, -0.2) is 86.0 Å². The van der Waals surface area contributed by atoms with E-state index in [0.29, 0.717) is 44.3 Å². The first kappa shape index (κ1) is 37.4. The molecule has 2 amide bonds. The molecular formula is C29H52N6O6S. The van der Waals surface area contributed by atoms with Gasteiger partial charge in [0.15, 0.2) is 0 Å². The van der Waals surface area contributed by atoms with Crippen molar-refractivity contribution in [3.05, 3.63) is 35.9 Å². The van der Waals surface area contributed by atoms with Crippen LogP contribution in [0.2, 0.25) is 0 Å². The molecule has 0 bridgehead atoms. The number of carbonyl (C=O) groups excluding carboxylic acids is 2. The summed E-state index contributed by atoms with van der Waals surface area (Å²) in [4.78, 5) is 37.3. The molecule has 0 aliphatic rings. The van der Waals surface area contributed by atoms with Gasteiger partial charge in [0, 0.05) is 31.1 Å².